The lowest BCUT2D eigenvalue weighted by atomic mass is 10.3. The molecule has 6 nitrogen and oxygen atoms in total. The van der Waals surface area contributed by atoms with E-state index in [2.05, 4.69) is 10.1 Å². The van der Waals surface area contributed by atoms with Crippen molar-refractivity contribution in [1.29, 1.82) is 0 Å². The van der Waals surface area contributed by atoms with E-state index in [-0.39, 0.29) is 18.3 Å². The number of nitrogens with zero attached hydrogens (tertiary/aromatic N) is 1. The van der Waals surface area contributed by atoms with Gasteiger partial charge in [0.15, 0.2) is 0 Å². The second-order valence-corrected chi connectivity index (χ2v) is 3.36. The lowest BCUT2D eigenvalue weighted by molar-refractivity contribution is -0.140. The molecule has 1 N–H and O–H groups in total. The highest BCUT2D eigenvalue weighted by atomic mass is 35.5. The van der Waals surface area contributed by atoms with Crippen molar-refractivity contribution in [2.24, 2.45) is 0 Å². The second-order valence-electron chi connectivity index (χ2n) is 3.09. The van der Waals surface area contributed by atoms with Crippen molar-refractivity contribution in [1.82, 2.24) is 10.2 Å². The van der Waals surface area contributed by atoms with Gasteiger partial charge in [-0.15, -0.1) is 11.6 Å². The van der Waals surface area contributed by atoms with Crippen molar-refractivity contribution < 1.29 is 19.1 Å². The highest BCUT2D eigenvalue weighted by Crippen LogP contribution is 1.95. The Balaban J connectivity index is 3.79. The van der Waals surface area contributed by atoms with Crippen LogP contribution in [0.3, 0.4) is 0 Å². The Kier molecular flexibility index (Phi) is 7.28. The fraction of sp³-hybridized carbons (Fsp3) is 0.667. The Morgan fingerprint density at radius 3 is 2.50 bits per heavy atom. The number of methoxy groups -OCH3 is 1. The van der Waals surface area contributed by atoms with E-state index >= 15 is 0 Å². The van der Waals surface area contributed by atoms with Gasteiger partial charge in [-0.3, -0.25) is 14.9 Å². The molecule has 0 aliphatic carbocycles. The standard InChI is InChI=1S/C9H15ClN2O4/c1-12(5-3-4-8(14)16-2)9(15)11-7(13)6-10/h3-6H2,1-2H3,(H,11,13,15). The Bertz CT molecular complexity index is 270. The molecule has 0 rings (SSSR count). The van der Waals surface area contributed by atoms with Crippen LogP contribution in [-0.4, -0.2) is 49.4 Å². The van der Waals surface area contributed by atoms with Gasteiger partial charge >= 0.3 is 12.0 Å². The summed E-state index contributed by atoms with van der Waals surface area (Å²) in [5.41, 5.74) is 0. The van der Waals surface area contributed by atoms with Crippen molar-refractivity contribution in [2.45, 2.75) is 12.8 Å². The molecule has 0 radical (unpaired) electrons. The van der Waals surface area contributed by atoms with Crippen LogP contribution in [0.15, 0.2) is 0 Å². The number of rotatable bonds is 5. The van der Waals surface area contributed by atoms with Gasteiger partial charge in [-0.1, -0.05) is 0 Å². The van der Waals surface area contributed by atoms with Gasteiger partial charge in [0, 0.05) is 20.0 Å². The number of imide groups is 1. The summed E-state index contributed by atoms with van der Waals surface area (Å²) >= 11 is 5.22. The summed E-state index contributed by atoms with van der Waals surface area (Å²) in [7, 11) is 2.83. The van der Waals surface area contributed by atoms with Crippen molar-refractivity contribution in [3.05, 3.63) is 0 Å². The number of hydrogen-bond acceptors (Lipinski definition) is 4. The van der Waals surface area contributed by atoms with Gasteiger partial charge < -0.3 is 9.64 Å². The maximum atomic E-state index is 11.3. The molecule has 0 aromatic carbocycles. The zero-order valence-corrected chi connectivity index (χ0v) is 10.0. The molecule has 0 saturated heterocycles. The van der Waals surface area contributed by atoms with E-state index in [0.29, 0.717) is 13.0 Å². The predicted octanol–water partition coefficient (Wildman–Crippen LogP) is 0.346. The van der Waals surface area contributed by atoms with Crippen molar-refractivity contribution in [3.63, 3.8) is 0 Å². The fourth-order valence-corrected chi connectivity index (χ4v) is 0.979. The minimum absolute atomic E-state index is 0.234. The maximum absolute atomic E-state index is 11.3. The first-order valence-electron chi connectivity index (χ1n) is 4.69. The normalized spacial score (nSPS) is 9.44. The number of ether oxygens (including phenoxy) is 1. The van der Waals surface area contributed by atoms with Crippen LogP contribution in [0.25, 0.3) is 0 Å². The molecule has 0 bridgehead atoms. The molecule has 3 amide bonds. The molecule has 0 unspecified atom stereocenters. The average Bonchev–Trinajstić information content (AvgIpc) is 2.28. The van der Waals surface area contributed by atoms with E-state index in [9.17, 15) is 14.4 Å². The molecule has 0 aliphatic heterocycles. The minimum Gasteiger partial charge on any atom is -0.469 e. The Morgan fingerprint density at radius 2 is 2.00 bits per heavy atom. The van der Waals surface area contributed by atoms with Crippen LogP contribution in [0.1, 0.15) is 12.8 Å². The fourth-order valence-electron chi connectivity index (χ4n) is 0.912. The summed E-state index contributed by atoms with van der Waals surface area (Å²) in [6.07, 6.45) is 0.712. The van der Waals surface area contributed by atoms with Gasteiger partial charge in [0.25, 0.3) is 0 Å². The van der Waals surface area contributed by atoms with Crippen LogP contribution in [-0.2, 0) is 14.3 Å². The summed E-state index contributed by atoms with van der Waals surface area (Å²) in [6.45, 7) is 0.358. The highest BCUT2D eigenvalue weighted by Gasteiger charge is 2.11. The van der Waals surface area contributed by atoms with Crippen LogP contribution in [0.2, 0.25) is 0 Å². The lowest BCUT2D eigenvalue weighted by Crippen LogP contribution is -2.41. The number of amides is 3. The van der Waals surface area contributed by atoms with E-state index < -0.39 is 11.9 Å². The number of nitrogens with one attached hydrogen (secondary N) is 1. The summed E-state index contributed by atoms with van der Waals surface area (Å²) in [5.74, 6) is -1.14. The summed E-state index contributed by atoms with van der Waals surface area (Å²) in [6, 6.07) is -0.532. The molecule has 7 heteroatoms. The number of alkyl halides is 1. The Hall–Kier alpha value is -1.30. The summed E-state index contributed by atoms with van der Waals surface area (Å²) in [5, 5.41) is 2.08. The van der Waals surface area contributed by atoms with Crippen LogP contribution >= 0.6 is 11.6 Å². The van der Waals surface area contributed by atoms with Crippen LogP contribution < -0.4 is 5.32 Å². The zero-order valence-electron chi connectivity index (χ0n) is 9.29. The second kappa shape index (κ2) is 7.92. The minimum atomic E-state index is -0.550. The summed E-state index contributed by atoms with van der Waals surface area (Å²) < 4.78 is 4.44. The quantitative estimate of drug-likeness (QED) is 0.564. The van der Waals surface area contributed by atoms with E-state index in [1.807, 2.05) is 0 Å². The van der Waals surface area contributed by atoms with Crippen LogP contribution in [0, 0.1) is 0 Å². The zero-order chi connectivity index (χ0) is 12.6. The SMILES string of the molecule is COC(=O)CCCN(C)C(=O)NC(=O)CCl. The third-order valence-electron chi connectivity index (χ3n) is 1.82. The van der Waals surface area contributed by atoms with E-state index in [0.717, 1.165) is 0 Å². The largest absolute Gasteiger partial charge is 0.469 e. The number of urea groups is 1. The molecule has 0 saturated carbocycles. The Morgan fingerprint density at radius 1 is 1.38 bits per heavy atom. The first kappa shape index (κ1) is 14.7. The molecule has 0 spiro atoms. The van der Waals surface area contributed by atoms with Gasteiger partial charge in [0.2, 0.25) is 5.91 Å². The molecule has 0 fully saturated rings. The van der Waals surface area contributed by atoms with Gasteiger partial charge in [0.1, 0.15) is 5.88 Å². The van der Waals surface area contributed by atoms with Gasteiger partial charge in [-0.25, -0.2) is 4.79 Å². The third kappa shape index (κ3) is 6.23. The van der Waals surface area contributed by atoms with Crippen LogP contribution in [0.4, 0.5) is 4.79 Å². The van der Waals surface area contributed by atoms with Crippen molar-refractivity contribution in [3.8, 4) is 0 Å². The van der Waals surface area contributed by atoms with E-state index in [1.165, 1.54) is 19.1 Å². The van der Waals surface area contributed by atoms with Gasteiger partial charge in [-0.05, 0) is 6.42 Å². The Labute approximate surface area is 98.9 Å². The predicted molar refractivity (Wildman–Crippen MR) is 58.1 cm³/mol. The van der Waals surface area contributed by atoms with Crippen molar-refractivity contribution in [2.75, 3.05) is 26.6 Å². The van der Waals surface area contributed by atoms with E-state index in [4.69, 9.17) is 11.6 Å². The molecule has 0 aromatic heterocycles. The highest BCUT2D eigenvalue weighted by molar-refractivity contribution is 6.28. The van der Waals surface area contributed by atoms with E-state index in [1.54, 1.807) is 0 Å². The van der Waals surface area contributed by atoms with Crippen LogP contribution in [0.5, 0.6) is 0 Å². The number of halogens is 1. The molecular formula is C9H15ClN2O4. The number of hydrogen-bond donors (Lipinski definition) is 1. The molecule has 0 heterocycles. The molecule has 0 aromatic rings. The molecule has 16 heavy (non-hydrogen) atoms. The van der Waals surface area contributed by atoms with Gasteiger partial charge in [-0.2, -0.15) is 0 Å². The molecule has 0 aliphatic rings. The molecular weight excluding hydrogens is 236 g/mol. The topological polar surface area (TPSA) is 75.7 Å². The molecule has 92 valence electrons. The van der Waals surface area contributed by atoms with Crippen molar-refractivity contribution >= 4 is 29.5 Å². The third-order valence-corrected chi connectivity index (χ3v) is 2.06. The first-order valence-corrected chi connectivity index (χ1v) is 5.22. The number of carbonyl (C=O) groups excluding carboxylic acids is 3. The smallest absolute Gasteiger partial charge is 0.323 e. The lowest BCUT2D eigenvalue weighted by Gasteiger charge is -2.16. The first-order chi connectivity index (χ1) is 7.51. The summed E-state index contributed by atoms with van der Waals surface area (Å²) in [4.78, 5) is 34.1. The monoisotopic (exact) mass is 250 g/mol. The number of esters is 1. The number of carbonyl (C=O) groups is 3. The maximum Gasteiger partial charge on any atom is 0.323 e. The molecule has 0 atom stereocenters. The average molecular weight is 251 g/mol. The van der Waals surface area contributed by atoms with Gasteiger partial charge in [0.05, 0.1) is 7.11 Å².